The molecule has 0 bridgehead atoms. The third kappa shape index (κ3) is 66.8. The van der Waals surface area contributed by atoms with E-state index in [1.165, 1.54) is 6.42 Å². The Labute approximate surface area is 101 Å². The van der Waals surface area contributed by atoms with Gasteiger partial charge in [-0.05, 0) is 0 Å². The average molecular weight is 369 g/mol. The second-order valence-corrected chi connectivity index (χ2v) is 1.76. The summed E-state index contributed by atoms with van der Waals surface area (Å²) < 4.78 is 0. The van der Waals surface area contributed by atoms with E-state index in [-0.39, 0.29) is 35.9 Å². The molecule has 0 aromatic heterocycles. The molecular weight excluding hydrogens is 343 g/mol. The van der Waals surface area contributed by atoms with Gasteiger partial charge >= 0.3 is 21.1 Å². The van der Waals surface area contributed by atoms with Gasteiger partial charge in [-0.15, -0.1) is 0 Å². The first-order chi connectivity index (χ1) is 4.83. The van der Waals surface area contributed by atoms with Crippen molar-refractivity contribution in [2.24, 2.45) is 0 Å². The minimum absolute atomic E-state index is 0. The Hall–Kier alpha value is 0.608. The summed E-state index contributed by atoms with van der Waals surface area (Å²) in [6.07, 6.45) is 2.09. The molecule has 0 aromatic rings. The van der Waals surface area contributed by atoms with Gasteiger partial charge in [0.05, 0.1) is 0 Å². The molecule has 0 aliphatic rings. The summed E-state index contributed by atoms with van der Waals surface area (Å²) >= 11 is 0. The van der Waals surface area contributed by atoms with Crippen molar-refractivity contribution in [2.75, 3.05) is 0 Å². The largest absolute Gasteiger partial charge is 4.00 e. The quantitative estimate of drug-likeness (QED) is 0.588. The smallest absolute Gasteiger partial charge is 0.623 e. The second kappa shape index (κ2) is 38.9. The third-order valence-electron chi connectivity index (χ3n) is 0.524. The molecule has 2 nitrogen and oxygen atoms in total. The fourth-order valence-electron chi connectivity index (χ4n) is 0.226. The molecule has 0 aromatic carbocycles. The van der Waals surface area contributed by atoms with Crippen LogP contribution in [0.5, 0.6) is 0 Å². The van der Waals surface area contributed by atoms with Crippen molar-refractivity contribution in [3.63, 3.8) is 0 Å². The van der Waals surface area contributed by atoms with Crippen molar-refractivity contribution in [3.05, 3.63) is 27.2 Å². The summed E-state index contributed by atoms with van der Waals surface area (Å²) in [7, 11) is 6.77. The standard InChI is InChI=1S/C5H10N2.C3H8.2CH4.Pt/c1-6-4-3-5-7-2;1-3-2;;;/h4-7H,1-3H2;3H2,1-2H3;2*1H4;/q-4;;;;+4. The van der Waals surface area contributed by atoms with Crippen LogP contribution >= 0.6 is 0 Å². The monoisotopic (exact) mass is 369 g/mol. The molecule has 0 amide bonds. The van der Waals surface area contributed by atoms with Gasteiger partial charge in [-0.25, -0.2) is 0 Å². The van der Waals surface area contributed by atoms with E-state index in [9.17, 15) is 0 Å². The Morgan fingerprint density at radius 3 is 1.38 bits per heavy atom. The SMILES string of the molecule is C.C.CCC.[CH2-]N[CH-]C[CH-]N[CH2-].[Pt+4]. The zero-order valence-corrected chi connectivity index (χ0v) is 9.57. The van der Waals surface area contributed by atoms with Gasteiger partial charge in [-0.2, -0.15) is 0 Å². The molecule has 0 fully saturated rings. The molecule has 13 heavy (non-hydrogen) atoms. The summed E-state index contributed by atoms with van der Waals surface area (Å²) in [5.74, 6) is 0. The van der Waals surface area contributed by atoms with Gasteiger partial charge < -0.3 is 37.8 Å². The van der Waals surface area contributed by atoms with E-state index in [2.05, 4.69) is 38.6 Å². The molecule has 0 unspecified atom stereocenters. The van der Waals surface area contributed by atoms with Crippen molar-refractivity contribution in [3.8, 4) is 0 Å². The van der Waals surface area contributed by atoms with Crippen LogP contribution in [-0.4, -0.2) is 0 Å². The number of hydrogen-bond donors (Lipinski definition) is 2. The molecule has 0 radical (unpaired) electrons. The minimum atomic E-state index is 0. The third-order valence-corrected chi connectivity index (χ3v) is 0.524. The van der Waals surface area contributed by atoms with Crippen LogP contribution in [0, 0.1) is 27.2 Å². The molecule has 0 heterocycles. The Morgan fingerprint density at radius 1 is 1.00 bits per heavy atom. The summed E-state index contributed by atoms with van der Waals surface area (Å²) in [6, 6.07) is 0. The maximum atomic E-state index is 3.38. The van der Waals surface area contributed by atoms with Crippen LogP contribution in [0.4, 0.5) is 0 Å². The Kier molecular flexibility index (Phi) is 87.4. The van der Waals surface area contributed by atoms with Gasteiger partial charge in [-0.3, -0.25) is 6.42 Å². The second-order valence-electron chi connectivity index (χ2n) is 1.76. The van der Waals surface area contributed by atoms with Gasteiger partial charge in [0.2, 0.25) is 0 Å². The Morgan fingerprint density at radius 2 is 1.23 bits per heavy atom. The predicted molar refractivity (Wildman–Crippen MR) is 59.6 cm³/mol. The van der Waals surface area contributed by atoms with E-state index in [4.69, 9.17) is 0 Å². The van der Waals surface area contributed by atoms with Crippen LogP contribution in [0.1, 0.15) is 41.5 Å². The summed E-state index contributed by atoms with van der Waals surface area (Å²) in [5.41, 5.74) is 0. The van der Waals surface area contributed by atoms with Crippen molar-refractivity contribution in [1.29, 1.82) is 0 Å². The van der Waals surface area contributed by atoms with Gasteiger partial charge in [0.15, 0.2) is 0 Å². The normalized spacial score (nSPS) is 6.46. The summed E-state index contributed by atoms with van der Waals surface area (Å²) in [4.78, 5) is 0. The molecule has 2 N–H and O–H groups in total. The zero-order chi connectivity index (χ0) is 8.24. The first-order valence-corrected chi connectivity index (χ1v) is 3.52. The molecule has 0 spiro atoms. The van der Waals surface area contributed by atoms with Crippen LogP contribution in [0.15, 0.2) is 0 Å². The fourth-order valence-corrected chi connectivity index (χ4v) is 0.226. The average Bonchev–Trinajstić information content (AvgIpc) is 1.91. The van der Waals surface area contributed by atoms with E-state index < -0.39 is 0 Å². The number of hydrogen-bond acceptors (Lipinski definition) is 2. The molecule has 0 aliphatic heterocycles. The van der Waals surface area contributed by atoms with E-state index >= 15 is 0 Å². The number of nitrogens with one attached hydrogen (secondary N) is 2. The number of rotatable bonds is 4. The minimum Gasteiger partial charge on any atom is -0.623 e. The topological polar surface area (TPSA) is 24.1 Å². The Balaban J connectivity index is -0.0000000320. The maximum absolute atomic E-state index is 3.38. The van der Waals surface area contributed by atoms with Crippen LogP contribution in [-0.2, 0) is 21.1 Å². The molecule has 0 aliphatic carbocycles. The van der Waals surface area contributed by atoms with E-state index in [1.807, 2.05) is 13.1 Å². The van der Waals surface area contributed by atoms with Gasteiger partial charge in [0.1, 0.15) is 0 Å². The van der Waals surface area contributed by atoms with Crippen molar-refractivity contribution in [1.82, 2.24) is 10.6 Å². The van der Waals surface area contributed by atoms with E-state index in [0.29, 0.717) is 0 Å². The maximum Gasteiger partial charge on any atom is 4.00 e. The van der Waals surface area contributed by atoms with E-state index in [1.54, 1.807) is 0 Å². The first kappa shape index (κ1) is 29.2. The molecule has 0 rings (SSSR count). The molecule has 3 heteroatoms. The fraction of sp³-hybridized carbons (Fsp3) is 0.600. The molecule has 0 saturated heterocycles. The zero-order valence-electron chi connectivity index (χ0n) is 7.30. The van der Waals surface area contributed by atoms with Crippen LogP contribution < -0.4 is 10.6 Å². The first-order valence-electron chi connectivity index (χ1n) is 3.52. The molecule has 0 saturated carbocycles. The van der Waals surface area contributed by atoms with Crippen LogP contribution in [0.2, 0.25) is 0 Å². The summed E-state index contributed by atoms with van der Waals surface area (Å²) in [6.45, 7) is 7.89. The van der Waals surface area contributed by atoms with Gasteiger partial charge in [-0.1, -0.05) is 35.1 Å². The van der Waals surface area contributed by atoms with E-state index in [0.717, 1.165) is 6.42 Å². The van der Waals surface area contributed by atoms with Crippen LogP contribution in [0.25, 0.3) is 0 Å². The summed E-state index contributed by atoms with van der Waals surface area (Å²) in [5, 5.41) is 5.26. The molecular formula is C10H26N2Pt. The van der Waals surface area contributed by atoms with Crippen molar-refractivity contribution < 1.29 is 21.1 Å². The van der Waals surface area contributed by atoms with Gasteiger partial charge in [0.25, 0.3) is 0 Å². The molecule has 86 valence electrons. The van der Waals surface area contributed by atoms with Crippen LogP contribution in [0.3, 0.4) is 0 Å². The van der Waals surface area contributed by atoms with Crippen molar-refractivity contribution >= 4 is 0 Å². The molecule has 0 atom stereocenters. The predicted octanol–water partition coefficient (Wildman–Crippen LogP) is 3.15. The van der Waals surface area contributed by atoms with Crippen molar-refractivity contribution in [2.45, 2.75) is 41.5 Å². The Bertz CT molecular complexity index is 39.9. The van der Waals surface area contributed by atoms with Gasteiger partial charge in [0, 0.05) is 0 Å².